The Morgan fingerprint density at radius 3 is 2.64 bits per heavy atom. The first-order valence-corrected chi connectivity index (χ1v) is 8.29. The van der Waals surface area contributed by atoms with Crippen molar-refractivity contribution in [2.24, 2.45) is 0 Å². The van der Waals surface area contributed by atoms with E-state index in [1.165, 1.54) is 0 Å². The number of nitrogens with zero attached hydrogens (tertiary/aromatic N) is 2. The number of hydrogen-bond donors (Lipinski definition) is 2. The maximum atomic E-state index is 12.1. The minimum Gasteiger partial charge on any atom is -0.493 e. The molecule has 0 fully saturated rings. The van der Waals surface area contributed by atoms with Crippen molar-refractivity contribution in [2.45, 2.75) is 32.9 Å². The molecule has 7 heteroatoms. The summed E-state index contributed by atoms with van der Waals surface area (Å²) >= 11 is 0. The average molecular weight is 346 g/mol. The van der Waals surface area contributed by atoms with Crippen LogP contribution in [0.2, 0.25) is 0 Å². The number of aryl methyl sites for hydroxylation is 2. The van der Waals surface area contributed by atoms with Crippen LogP contribution in [0.3, 0.4) is 0 Å². The molecule has 2 N–H and O–H groups in total. The van der Waals surface area contributed by atoms with Crippen LogP contribution in [0.1, 0.15) is 30.5 Å². The molecule has 2 aromatic rings. The molecule has 1 heterocycles. The van der Waals surface area contributed by atoms with Crippen molar-refractivity contribution in [1.29, 1.82) is 0 Å². The smallest absolute Gasteiger partial charge is 0.315 e. The molecule has 0 aliphatic carbocycles. The monoisotopic (exact) mass is 346 g/mol. The highest BCUT2D eigenvalue weighted by molar-refractivity contribution is 5.74. The number of carbonyl (C=O) groups is 1. The molecule has 0 spiro atoms. The summed E-state index contributed by atoms with van der Waals surface area (Å²) in [5, 5.41) is 9.95. The van der Waals surface area contributed by atoms with E-state index in [1.807, 2.05) is 42.9 Å². The van der Waals surface area contributed by atoms with Crippen molar-refractivity contribution in [1.82, 2.24) is 20.4 Å². The van der Waals surface area contributed by atoms with Crippen LogP contribution >= 0.6 is 0 Å². The standard InChI is InChI=1S/C18H26N4O3/c1-13-11-16(24-3)17(25-4)12-15(13)14(2)21-18(23)19-7-5-9-22-10-6-8-20-22/h6,8,10-12,14H,5,7,9H2,1-4H3,(H2,19,21,23)/t14-/m0/s1. The number of ether oxygens (including phenoxy) is 2. The molecule has 136 valence electrons. The molecular weight excluding hydrogens is 320 g/mol. The highest BCUT2D eigenvalue weighted by Crippen LogP contribution is 2.32. The zero-order valence-corrected chi connectivity index (χ0v) is 15.2. The third kappa shape index (κ3) is 5.14. The van der Waals surface area contributed by atoms with Crippen molar-refractivity contribution >= 4 is 6.03 Å². The molecule has 25 heavy (non-hydrogen) atoms. The van der Waals surface area contributed by atoms with Crippen LogP contribution in [0.15, 0.2) is 30.6 Å². The molecule has 1 aromatic heterocycles. The number of carbonyl (C=O) groups excluding carboxylic acids is 1. The molecule has 0 saturated heterocycles. The lowest BCUT2D eigenvalue weighted by Crippen LogP contribution is -2.38. The fourth-order valence-electron chi connectivity index (χ4n) is 2.66. The molecule has 2 rings (SSSR count). The summed E-state index contributed by atoms with van der Waals surface area (Å²) in [6, 6.07) is 5.35. The van der Waals surface area contributed by atoms with E-state index in [0.717, 1.165) is 24.1 Å². The van der Waals surface area contributed by atoms with Crippen LogP contribution in [-0.4, -0.2) is 36.6 Å². The normalized spacial score (nSPS) is 11.7. The van der Waals surface area contributed by atoms with Crippen molar-refractivity contribution in [2.75, 3.05) is 20.8 Å². The number of aromatic nitrogens is 2. The fourth-order valence-corrected chi connectivity index (χ4v) is 2.66. The molecule has 7 nitrogen and oxygen atoms in total. The minimum absolute atomic E-state index is 0.147. The van der Waals surface area contributed by atoms with Crippen molar-refractivity contribution in [3.63, 3.8) is 0 Å². The Kier molecular flexibility index (Phi) is 6.68. The van der Waals surface area contributed by atoms with Gasteiger partial charge < -0.3 is 20.1 Å². The average Bonchev–Trinajstić information content (AvgIpc) is 3.11. The first-order chi connectivity index (χ1) is 12.0. The van der Waals surface area contributed by atoms with Gasteiger partial charge >= 0.3 is 6.03 Å². The molecule has 0 unspecified atom stereocenters. The van der Waals surface area contributed by atoms with Gasteiger partial charge in [0.1, 0.15) is 0 Å². The third-order valence-corrected chi connectivity index (χ3v) is 4.00. The molecule has 0 aliphatic rings. The number of hydrogen-bond acceptors (Lipinski definition) is 4. The number of methoxy groups -OCH3 is 2. The molecule has 1 atom stereocenters. The Morgan fingerprint density at radius 2 is 2.00 bits per heavy atom. The lowest BCUT2D eigenvalue weighted by Gasteiger charge is -2.19. The molecule has 0 saturated carbocycles. The first-order valence-electron chi connectivity index (χ1n) is 8.29. The van der Waals surface area contributed by atoms with Gasteiger partial charge in [0.15, 0.2) is 11.5 Å². The van der Waals surface area contributed by atoms with Gasteiger partial charge in [0, 0.05) is 25.5 Å². The Hall–Kier alpha value is -2.70. The first kappa shape index (κ1) is 18.6. The molecule has 0 bridgehead atoms. The van der Waals surface area contributed by atoms with Gasteiger partial charge in [-0.15, -0.1) is 0 Å². The van der Waals surface area contributed by atoms with Gasteiger partial charge in [0.05, 0.1) is 20.3 Å². The Labute approximate surface area is 148 Å². The molecular formula is C18H26N4O3. The van der Waals surface area contributed by atoms with Crippen molar-refractivity contribution in [3.05, 3.63) is 41.7 Å². The van der Waals surface area contributed by atoms with E-state index in [2.05, 4.69) is 15.7 Å². The molecule has 2 amide bonds. The van der Waals surface area contributed by atoms with E-state index in [0.29, 0.717) is 18.0 Å². The summed E-state index contributed by atoms with van der Waals surface area (Å²) in [6.45, 7) is 5.29. The molecule has 0 aliphatic heterocycles. The second-order valence-corrected chi connectivity index (χ2v) is 5.81. The largest absolute Gasteiger partial charge is 0.493 e. The maximum absolute atomic E-state index is 12.1. The van der Waals surface area contributed by atoms with Gasteiger partial charge in [-0.05, 0) is 49.6 Å². The lowest BCUT2D eigenvalue weighted by molar-refractivity contribution is 0.237. The van der Waals surface area contributed by atoms with E-state index in [-0.39, 0.29) is 12.1 Å². The number of nitrogens with one attached hydrogen (secondary N) is 2. The van der Waals surface area contributed by atoms with E-state index < -0.39 is 0 Å². The Morgan fingerprint density at radius 1 is 1.28 bits per heavy atom. The van der Waals surface area contributed by atoms with Gasteiger partial charge in [-0.3, -0.25) is 4.68 Å². The van der Waals surface area contributed by atoms with Gasteiger partial charge in [-0.2, -0.15) is 5.10 Å². The number of urea groups is 1. The lowest BCUT2D eigenvalue weighted by atomic mass is 10.0. The SMILES string of the molecule is COc1cc(C)c([C@H](C)NC(=O)NCCCn2cccn2)cc1OC. The Bertz CT molecular complexity index is 686. The second-order valence-electron chi connectivity index (χ2n) is 5.81. The van der Waals surface area contributed by atoms with Crippen LogP contribution < -0.4 is 20.1 Å². The van der Waals surface area contributed by atoms with E-state index in [1.54, 1.807) is 20.4 Å². The van der Waals surface area contributed by atoms with Crippen LogP contribution in [-0.2, 0) is 6.54 Å². The summed E-state index contributed by atoms with van der Waals surface area (Å²) in [4.78, 5) is 12.1. The van der Waals surface area contributed by atoms with Crippen LogP contribution in [0.4, 0.5) is 4.79 Å². The summed E-state index contributed by atoms with van der Waals surface area (Å²) in [7, 11) is 3.21. The Balaban J connectivity index is 1.85. The van der Waals surface area contributed by atoms with E-state index >= 15 is 0 Å². The maximum Gasteiger partial charge on any atom is 0.315 e. The fraction of sp³-hybridized carbons (Fsp3) is 0.444. The summed E-state index contributed by atoms with van der Waals surface area (Å²) in [5.41, 5.74) is 2.02. The quantitative estimate of drug-likeness (QED) is 0.721. The predicted octanol–water partition coefficient (Wildman–Crippen LogP) is 2.66. The number of benzene rings is 1. The summed E-state index contributed by atoms with van der Waals surface area (Å²) < 4.78 is 12.5. The number of amides is 2. The zero-order valence-electron chi connectivity index (χ0n) is 15.2. The zero-order chi connectivity index (χ0) is 18.2. The van der Waals surface area contributed by atoms with Crippen molar-refractivity contribution < 1.29 is 14.3 Å². The van der Waals surface area contributed by atoms with Crippen LogP contribution in [0.5, 0.6) is 11.5 Å². The molecule has 0 radical (unpaired) electrons. The second kappa shape index (κ2) is 8.96. The van der Waals surface area contributed by atoms with Crippen LogP contribution in [0.25, 0.3) is 0 Å². The summed E-state index contributed by atoms with van der Waals surface area (Å²) in [6.07, 6.45) is 4.47. The van der Waals surface area contributed by atoms with Gasteiger partial charge in [-0.1, -0.05) is 0 Å². The molecule has 1 aromatic carbocycles. The van der Waals surface area contributed by atoms with E-state index in [4.69, 9.17) is 9.47 Å². The number of rotatable bonds is 8. The highest BCUT2D eigenvalue weighted by Gasteiger charge is 2.15. The van der Waals surface area contributed by atoms with Crippen molar-refractivity contribution in [3.8, 4) is 11.5 Å². The predicted molar refractivity (Wildman–Crippen MR) is 96.1 cm³/mol. The minimum atomic E-state index is -0.192. The topological polar surface area (TPSA) is 77.4 Å². The summed E-state index contributed by atoms with van der Waals surface area (Å²) in [5.74, 6) is 1.33. The van der Waals surface area contributed by atoms with Crippen LogP contribution in [0, 0.1) is 6.92 Å². The highest BCUT2D eigenvalue weighted by atomic mass is 16.5. The van der Waals surface area contributed by atoms with Gasteiger partial charge in [-0.25, -0.2) is 4.79 Å². The third-order valence-electron chi connectivity index (χ3n) is 4.00. The van der Waals surface area contributed by atoms with E-state index in [9.17, 15) is 4.79 Å². The van der Waals surface area contributed by atoms with Gasteiger partial charge in [0.2, 0.25) is 0 Å². The van der Waals surface area contributed by atoms with Gasteiger partial charge in [0.25, 0.3) is 0 Å².